The van der Waals surface area contributed by atoms with Crippen LogP contribution in [0.1, 0.15) is 44.7 Å². The second kappa shape index (κ2) is 7.39. The molecule has 2 aromatic rings. The van der Waals surface area contributed by atoms with Crippen LogP contribution in [0.5, 0.6) is 0 Å². The summed E-state index contributed by atoms with van der Waals surface area (Å²) < 4.78 is 28.2. The van der Waals surface area contributed by atoms with Crippen molar-refractivity contribution in [2.75, 3.05) is 5.32 Å². The molecule has 4 heterocycles. The fourth-order valence-corrected chi connectivity index (χ4v) is 5.07. The Balaban J connectivity index is 1.31. The first-order valence-corrected chi connectivity index (χ1v) is 10.8. The van der Waals surface area contributed by atoms with Crippen LogP contribution in [0.3, 0.4) is 0 Å². The lowest BCUT2D eigenvalue weighted by atomic mass is 9.73. The highest BCUT2D eigenvalue weighted by atomic mass is 19.3. The molecule has 9 heteroatoms. The predicted molar refractivity (Wildman–Crippen MR) is 112 cm³/mol. The van der Waals surface area contributed by atoms with E-state index in [9.17, 15) is 13.6 Å². The highest BCUT2D eigenvalue weighted by Gasteiger charge is 2.51. The number of aromatic nitrogens is 4. The number of aryl methyl sites for hydroxylation is 1. The predicted octanol–water partition coefficient (Wildman–Crippen LogP) is 3.78. The molecule has 0 radical (unpaired) electrons. The number of halogens is 2. The molecule has 2 aromatic heterocycles. The SMILES string of the molecule is CC(C(=O)N1C2C=C(c3ccnc(Nc4cnn(C)c4)n3)CC1CC2)C1CC(F)(F)C1. The fraction of sp³-hybridized carbons (Fsp3) is 0.545. The molecule has 2 bridgehead atoms. The normalized spacial score (nSPS) is 25.7. The Hall–Kier alpha value is -2.84. The molecule has 2 aliphatic heterocycles. The number of nitrogens with one attached hydrogen (secondary N) is 1. The van der Waals surface area contributed by atoms with Gasteiger partial charge in [0, 0.05) is 44.2 Å². The quantitative estimate of drug-likeness (QED) is 0.784. The zero-order chi connectivity index (χ0) is 21.8. The van der Waals surface area contributed by atoms with Crippen LogP contribution in [0, 0.1) is 11.8 Å². The van der Waals surface area contributed by atoms with Crippen molar-refractivity contribution < 1.29 is 13.6 Å². The van der Waals surface area contributed by atoms with E-state index in [-0.39, 0.29) is 42.7 Å². The number of nitrogens with zero attached hydrogens (tertiary/aromatic N) is 5. The Kier molecular flexibility index (Phi) is 4.79. The molecule has 5 rings (SSSR count). The fourth-order valence-electron chi connectivity index (χ4n) is 5.07. The van der Waals surface area contributed by atoms with Gasteiger partial charge in [0.25, 0.3) is 0 Å². The van der Waals surface area contributed by atoms with Gasteiger partial charge in [-0.05, 0) is 36.8 Å². The lowest BCUT2D eigenvalue weighted by Gasteiger charge is -2.42. The first-order valence-electron chi connectivity index (χ1n) is 10.8. The summed E-state index contributed by atoms with van der Waals surface area (Å²) in [6, 6.07) is 2.00. The second-order valence-corrected chi connectivity index (χ2v) is 9.05. The van der Waals surface area contributed by atoms with Gasteiger partial charge in [0.1, 0.15) is 0 Å². The number of fused-ring (bicyclic) bond motifs is 2. The van der Waals surface area contributed by atoms with E-state index in [4.69, 9.17) is 0 Å². The first-order chi connectivity index (χ1) is 14.8. The van der Waals surface area contributed by atoms with Gasteiger partial charge < -0.3 is 10.2 Å². The molecule has 0 spiro atoms. The minimum Gasteiger partial charge on any atom is -0.333 e. The van der Waals surface area contributed by atoms with Crippen LogP contribution in [0.25, 0.3) is 5.57 Å². The summed E-state index contributed by atoms with van der Waals surface area (Å²) in [5, 5.41) is 7.29. The summed E-state index contributed by atoms with van der Waals surface area (Å²) in [6.45, 7) is 1.81. The van der Waals surface area contributed by atoms with Gasteiger partial charge in [-0.2, -0.15) is 5.10 Å². The molecule has 1 saturated carbocycles. The minimum atomic E-state index is -2.60. The number of anilines is 2. The maximum atomic E-state index is 13.3. The number of alkyl halides is 2. The van der Waals surface area contributed by atoms with Gasteiger partial charge in [0.05, 0.1) is 23.6 Å². The largest absolute Gasteiger partial charge is 0.333 e. The van der Waals surface area contributed by atoms with Gasteiger partial charge >= 0.3 is 0 Å². The van der Waals surface area contributed by atoms with Gasteiger partial charge in [0.15, 0.2) is 0 Å². The van der Waals surface area contributed by atoms with E-state index in [0.717, 1.165) is 36.2 Å². The van der Waals surface area contributed by atoms with Crippen molar-refractivity contribution >= 4 is 23.1 Å². The topological polar surface area (TPSA) is 75.9 Å². The monoisotopic (exact) mass is 428 g/mol. The summed E-state index contributed by atoms with van der Waals surface area (Å²) in [6.07, 6.45) is 9.61. The molecule has 7 nitrogen and oxygen atoms in total. The third-order valence-electron chi connectivity index (χ3n) is 6.81. The summed E-state index contributed by atoms with van der Waals surface area (Å²) in [7, 11) is 1.84. The van der Waals surface area contributed by atoms with Gasteiger partial charge in [-0.3, -0.25) is 9.48 Å². The van der Waals surface area contributed by atoms with E-state index in [1.54, 1.807) is 17.1 Å². The Morgan fingerprint density at radius 1 is 1.32 bits per heavy atom. The molecule has 31 heavy (non-hydrogen) atoms. The molecule has 1 amide bonds. The number of rotatable bonds is 5. The minimum absolute atomic E-state index is 0.00832. The Morgan fingerprint density at radius 2 is 2.13 bits per heavy atom. The molecule has 164 valence electrons. The molecule has 3 atom stereocenters. The van der Waals surface area contributed by atoms with E-state index < -0.39 is 5.92 Å². The molecule has 3 aliphatic rings. The van der Waals surface area contributed by atoms with Crippen molar-refractivity contribution in [3.63, 3.8) is 0 Å². The average Bonchev–Trinajstić information content (AvgIpc) is 3.24. The van der Waals surface area contributed by atoms with Crippen LogP contribution in [0.2, 0.25) is 0 Å². The zero-order valence-corrected chi connectivity index (χ0v) is 17.6. The number of carbonyl (C=O) groups is 1. The van der Waals surface area contributed by atoms with Crippen LogP contribution < -0.4 is 5.32 Å². The van der Waals surface area contributed by atoms with Gasteiger partial charge in [-0.1, -0.05) is 13.0 Å². The van der Waals surface area contributed by atoms with E-state index in [1.807, 2.05) is 31.1 Å². The lowest BCUT2D eigenvalue weighted by Crippen LogP contribution is -2.50. The lowest BCUT2D eigenvalue weighted by molar-refractivity contribution is -0.154. The Morgan fingerprint density at radius 3 is 2.81 bits per heavy atom. The standard InChI is InChI=1S/C22H26F2N6O/c1-13(15-9-22(23,24)10-15)20(31)30-17-3-4-18(30)8-14(7-17)19-5-6-25-21(28-19)27-16-11-26-29(2)12-16/h5-7,11-13,15,17-18H,3-4,8-10H2,1-2H3,(H,25,27,28). The van der Waals surface area contributed by atoms with Crippen molar-refractivity contribution in [3.05, 3.63) is 36.4 Å². The van der Waals surface area contributed by atoms with Crippen LogP contribution in [-0.2, 0) is 11.8 Å². The van der Waals surface area contributed by atoms with E-state index in [1.165, 1.54) is 0 Å². The van der Waals surface area contributed by atoms with Gasteiger partial charge in [-0.15, -0.1) is 0 Å². The second-order valence-electron chi connectivity index (χ2n) is 9.05. The summed E-state index contributed by atoms with van der Waals surface area (Å²) in [4.78, 5) is 24.0. The average molecular weight is 428 g/mol. The van der Waals surface area contributed by atoms with Crippen molar-refractivity contribution in [3.8, 4) is 0 Å². The number of hydrogen-bond acceptors (Lipinski definition) is 5. The molecular formula is C22H26F2N6O. The van der Waals surface area contributed by atoms with E-state index >= 15 is 0 Å². The first kappa shape index (κ1) is 20.1. The maximum absolute atomic E-state index is 13.3. The zero-order valence-electron chi connectivity index (χ0n) is 17.6. The van der Waals surface area contributed by atoms with Crippen LogP contribution in [0.4, 0.5) is 20.4 Å². The Bertz CT molecular complexity index is 1030. The molecule has 0 aromatic carbocycles. The van der Waals surface area contributed by atoms with Gasteiger partial charge in [0.2, 0.25) is 17.8 Å². The van der Waals surface area contributed by atoms with Crippen LogP contribution in [-0.4, -0.2) is 48.6 Å². The molecule has 1 N–H and O–H groups in total. The maximum Gasteiger partial charge on any atom is 0.248 e. The van der Waals surface area contributed by atoms with Crippen molar-refractivity contribution in [1.82, 2.24) is 24.6 Å². The van der Waals surface area contributed by atoms with E-state index in [0.29, 0.717) is 5.95 Å². The van der Waals surface area contributed by atoms with E-state index in [2.05, 4.69) is 26.5 Å². The number of carbonyl (C=O) groups excluding carboxylic acids is 1. The van der Waals surface area contributed by atoms with Crippen molar-refractivity contribution in [2.45, 2.75) is 57.0 Å². The molecular weight excluding hydrogens is 402 g/mol. The summed E-state index contributed by atoms with van der Waals surface area (Å²) in [5.74, 6) is -2.65. The third-order valence-corrected chi connectivity index (χ3v) is 6.81. The summed E-state index contributed by atoms with van der Waals surface area (Å²) >= 11 is 0. The van der Waals surface area contributed by atoms with Crippen molar-refractivity contribution in [2.24, 2.45) is 18.9 Å². The third kappa shape index (κ3) is 3.81. The molecule has 1 aliphatic carbocycles. The Labute approximate surface area is 179 Å². The number of hydrogen-bond donors (Lipinski definition) is 1. The van der Waals surface area contributed by atoms with Crippen LogP contribution >= 0.6 is 0 Å². The molecule has 2 fully saturated rings. The highest BCUT2D eigenvalue weighted by molar-refractivity contribution is 5.82. The smallest absolute Gasteiger partial charge is 0.248 e. The number of amides is 1. The van der Waals surface area contributed by atoms with Crippen molar-refractivity contribution in [1.29, 1.82) is 0 Å². The van der Waals surface area contributed by atoms with Crippen LogP contribution in [0.15, 0.2) is 30.7 Å². The molecule has 1 saturated heterocycles. The highest BCUT2D eigenvalue weighted by Crippen LogP contribution is 2.48. The molecule has 3 unspecified atom stereocenters. The summed E-state index contributed by atoms with van der Waals surface area (Å²) in [5.41, 5.74) is 2.76. The van der Waals surface area contributed by atoms with Gasteiger partial charge in [-0.25, -0.2) is 18.7 Å².